The molecule has 7 heteroatoms. The minimum atomic E-state index is -0.889. The van der Waals surface area contributed by atoms with Crippen LogP contribution < -0.4 is 9.64 Å². The average Bonchev–Trinajstić information content (AvgIpc) is 2.59. The van der Waals surface area contributed by atoms with Gasteiger partial charge >= 0.3 is 11.8 Å². The number of benzene rings is 2. The third-order valence-corrected chi connectivity index (χ3v) is 4.37. The molecule has 2 amide bonds. The smallest absolute Gasteiger partial charge is 0.317 e. The number of hydrogen-bond acceptors (Lipinski definition) is 3. The molecule has 2 aliphatic heterocycles. The highest BCUT2D eigenvalue weighted by Gasteiger charge is 2.44. The third kappa shape index (κ3) is 2.61. The summed E-state index contributed by atoms with van der Waals surface area (Å²) >= 11 is 0. The molecule has 128 valence electrons. The van der Waals surface area contributed by atoms with Gasteiger partial charge in [0.25, 0.3) is 0 Å². The SMILES string of the molecule is O=C1C(=O)N2c3cc(F)cc(F)c3OCC2CN1Cc1ccccc1. The minimum absolute atomic E-state index is 0.0357. The molecule has 0 saturated carbocycles. The fourth-order valence-electron chi connectivity index (χ4n) is 3.24. The van der Waals surface area contributed by atoms with E-state index in [1.165, 1.54) is 4.90 Å². The quantitative estimate of drug-likeness (QED) is 0.784. The van der Waals surface area contributed by atoms with Gasteiger partial charge in [-0.15, -0.1) is 0 Å². The summed E-state index contributed by atoms with van der Waals surface area (Å²) in [6, 6.07) is 10.5. The lowest BCUT2D eigenvalue weighted by atomic mass is 10.1. The number of anilines is 1. The maximum Gasteiger partial charge on any atom is 0.317 e. The Morgan fingerprint density at radius 1 is 1.08 bits per heavy atom. The molecule has 0 radical (unpaired) electrons. The van der Waals surface area contributed by atoms with Gasteiger partial charge in [-0.05, 0) is 5.56 Å². The van der Waals surface area contributed by atoms with Gasteiger partial charge in [0.2, 0.25) is 0 Å². The minimum Gasteiger partial charge on any atom is -0.486 e. The highest BCUT2D eigenvalue weighted by Crippen LogP contribution is 2.38. The molecule has 5 nitrogen and oxygen atoms in total. The van der Waals surface area contributed by atoms with Crippen molar-refractivity contribution in [3.63, 3.8) is 0 Å². The molecule has 0 aromatic heterocycles. The van der Waals surface area contributed by atoms with Gasteiger partial charge in [0.1, 0.15) is 12.4 Å². The molecule has 1 unspecified atom stereocenters. The zero-order valence-electron chi connectivity index (χ0n) is 13.1. The maximum atomic E-state index is 13.9. The summed E-state index contributed by atoms with van der Waals surface area (Å²) in [5.74, 6) is -3.41. The Morgan fingerprint density at radius 3 is 2.60 bits per heavy atom. The average molecular weight is 344 g/mol. The van der Waals surface area contributed by atoms with Crippen LogP contribution in [-0.4, -0.2) is 35.9 Å². The summed E-state index contributed by atoms with van der Waals surface area (Å²) < 4.78 is 32.8. The monoisotopic (exact) mass is 344 g/mol. The summed E-state index contributed by atoms with van der Waals surface area (Å²) in [7, 11) is 0. The van der Waals surface area contributed by atoms with Crippen molar-refractivity contribution >= 4 is 17.5 Å². The molecular formula is C18H14F2N2O3. The lowest BCUT2D eigenvalue weighted by Crippen LogP contribution is -2.62. The number of halogens is 2. The Labute approximate surface area is 142 Å². The molecule has 0 spiro atoms. The van der Waals surface area contributed by atoms with E-state index < -0.39 is 29.5 Å². The second kappa shape index (κ2) is 5.84. The molecule has 2 heterocycles. The van der Waals surface area contributed by atoms with Crippen molar-refractivity contribution in [2.75, 3.05) is 18.1 Å². The lowest BCUT2D eigenvalue weighted by Gasteiger charge is -2.43. The van der Waals surface area contributed by atoms with Crippen LogP contribution in [0.15, 0.2) is 42.5 Å². The summed E-state index contributed by atoms with van der Waals surface area (Å²) in [5, 5.41) is 0. The van der Waals surface area contributed by atoms with Crippen LogP contribution in [0.5, 0.6) is 5.75 Å². The molecule has 0 aliphatic carbocycles. The fourth-order valence-corrected chi connectivity index (χ4v) is 3.24. The van der Waals surface area contributed by atoms with Crippen molar-refractivity contribution in [1.29, 1.82) is 0 Å². The Kier molecular flexibility index (Phi) is 3.63. The van der Waals surface area contributed by atoms with Crippen LogP contribution in [0.4, 0.5) is 14.5 Å². The maximum absolute atomic E-state index is 13.9. The fraction of sp³-hybridized carbons (Fsp3) is 0.222. The number of ether oxygens (including phenoxy) is 1. The topological polar surface area (TPSA) is 49.9 Å². The van der Waals surface area contributed by atoms with Crippen LogP contribution in [0.1, 0.15) is 5.56 Å². The number of rotatable bonds is 2. The van der Waals surface area contributed by atoms with E-state index in [0.29, 0.717) is 12.6 Å². The first-order chi connectivity index (χ1) is 12.0. The summed E-state index contributed by atoms with van der Waals surface area (Å²) in [5.41, 5.74) is 0.859. The van der Waals surface area contributed by atoms with E-state index in [2.05, 4.69) is 0 Å². The summed E-state index contributed by atoms with van der Waals surface area (Å²) in [6.45, 7) is 0.566. The van der Waals surface area contributed by atoms with E-state index >= 15 is 0 Å². The number of hydrogen-bond donors (Lipinski definition) is 0. The van der Waals surface area contributed by atoms with Gasteiger partial charge in [-0.25, -0.2) is 8.78 Å². The zero-order chi connectivity index (χ0) is 17.6. The van der Waals surface area contributed by atoms with Gasteiger partial charge in [-0.1, -0.05) is 30.3 Å². The first-order valence-electron chi connectivity index (χ1n) is 7.83. The molecule has 0 N–H and O–H groups in total. The molecule has 1 saturated heterocycles. The molecule has 2 aromatic carbocycles. The summed E-state index contributed by atoms with van der Waals surface area (Å²) in [4.78, 5) is 27.6. The van der Waals surface area contributed by atoms with Crippen LogP contribution >= 0.6 is 0 Å². The van der Waals surface area contributed by atoms with Gasteiger partial charge in [0, 0.05) is 25.2 Å². The van der Waals surface area contributed by atoms with E-state index in [4.69, 9.17) is 4.74 Å². The third-order valence-electron chi connectivity index (χ3n) is 4.37. The molecule has 25 heavy (non-hydrogen) atoms. The normalized spacial score (nSPS) is 19.4. The Morgan fingerprint density at radius 2 is 1.84 bits per heavy atom. The number of carbonyl (C=O) groups is 2. The Balaban J connectivity index is 1.65. The van der Waals surface area contributed by atoms with Gasteiger partial charge < -0.3 is 9.64 Å². The van der Waals surface area contributed by atoms with E-state index in [-0.39, 0.29) is 24.6 Å². The van der Waals surface area contributed by atoms with Crippen LogP contribution in [0, 0.1) is 11.6 Å². The molecule has 1 atom stereocenters. The van der Waals surface area contributed by atoms with Crippen LogP contribution in [-0.2, 0) is 16.1 Å². The highest BCUT2D eigenvalue weighted by molar-refractivity contribution is 6.41. The number of carbonyl (C=O) groups excluding carboxylic acids is 2. The largest absolute Gasteiger partial charge is 0.486 e. The van der Waals surface area contributed by atoms with Crippen molar-refractivity contribution in [2.45, 2.75) is 12.6 Å². The highest BCUT2D eigenvalue weighted by atomic mass is 19.1. The van der Waals surface area contributed by atoms with E-state index in [1.54, 1.807) is 0 Å². The molecule has 2 aromatic rings. The van der Waals surface area contributed by atoms with E-state index in [1.807, 2.05) is 30.3 Å². The second-order valence-electron chi connectivity index (χ2n) is 6.05. The molecular weight excluding hydrogens is 330 g/mol. The van der Waals surface area contributed by atoms with Crippen molar-refractivity contribution < 1.29 is 23.1 Å². The van der Waals surface area contributed by atoms with Crippen LogP contribution in [0.25, 0.3) is 0 Å². The van der Waals surface area contributed by atoms with Crippen molar-refractivity contribution in [3.8, 4) is 5.75 Å². The summed E-state index contributed by atoms with van der Waals surface area (Å²) in [6.07, 6.45) is 0. The second-order valence-corrected chi connectivity index (χ2v) is 6.05. The molecule has 2 aliphatic rings. The lowest BCUT2D eigenvalue weighted by molar-refractivity contribution is -0.148. The predicted molar refractivity (Wildman–Crippen MR) is 85.0 cm³/mol. The van der Waals surface area contributed by atoms with Crippen LogP contribution in [0.2, 0.25) is 0 Å². The predicted octanol–water partition coefficient (Wildman–Crippen LogP) is 2.10. The van der Waals surface area contributed by atoms with E-state index in [0.717, 1.165) is 16.5 Å². The van der Waals surface area contributed by atoms with Crippen molar-refractivity contribution in [1.82, 2.24) is 4.90 Å². The standard InChI is InChI=1S/C18H14F2N2O3/c19-12-6-14(20)16-15(7-12)22-13(10-25-16)9-21(17(23)18(22)24)8-11-4-2-1-3-5-11/h1-7,13H,8-10H2. The Hall–Kier alpha value is -2.96. The zero-order valence-corrected chi connectivity index (χ0v) is 13.1. The Bertz CT molecular complexity index is 857. The van der Waals surface area contributed by atoms with Crippen LogP contribution in [0.3, 0.4) is 0 Å². The van der Waals surface area contributed by atoms with Gasteiger partial charge in [0.15, 0.2) is 11.6 Å². The number of amides is 2. The molecule has 0 bridgehead atoms. The number of piperazine rings is 1. The molecule has 4 rings (SSSR count). The van der Waals surface area contributed by atoms with Gasteiger partial charge in [-0.2, -0.15) is 0 Å². The van der Waals surface area contributed by atoms with Gasteiger partial charge in [0.05, 0.1) is 11.7 Å². The van der Waals surface area contributed by atoms with Crippen molar-refractivity contribution in [2.24, 2.45) is 0 Å². The first kappa shape index (κ1) is 15.6. The van der Waals surface area contributed by atoms with E-state index in [9.17, 15) is 18.4 Å². The first-order valence-corrected chi connectivity index (χ1v) is 7.83. The molecule has 1 fully saturated rings. The van der Waals surface area contributed by atoms with Crippen molar-refractivity contribution in [3.05, 3.63) is 59.7 Å². The number of fused-ring (bicyclic) bond motifs is 3. The number of nitrogens with zero attached hydrogens (tertiary/aromatic N) is 2. The van der Waals surface area contributed by atoms with Gasteiger partial charge in [-0.3, -0.25) is 14.5 Å².